The van der Waals surface area contributed by atoms with Crippen LogP contribution in [0.2, 0.25) is 0 Å². The summed E-state index contributed by atoms with van der Waals surface area (Å²) in [5, 5.41) is 2.92. The summed E-state index contributed by atoms with van der Waals surface area (Å²) in [6.07, 6.45) is 0.991. The maximum atomic E-state index is 12.4. The van der Waals surface area contributed by atoms with Gasteiger partial charge in [0.05, 0.1) is 6.61 Å². The molecule has 1 aromatic heterocycles. The van der Waals surface area contributed by atoms with Gasteiger partial charge in [0.2, 0.25) is 0 Å². The smallest absolute Gasteiger partial charge is 0.409 e. The Balaban J connectivity index is 1.92. The second-order valence-electron chi connectivity index (χ2n) is 6.04. The van der Waals surface area contributed by atoms with Crippen molar-refractivity contribution in [3.8, 4) is 0 Å². The number of amides is 3. The lowest BCUT2D eigenvalue weighted by molar-refractivity contribution is 0.0821. The maximum absolute atomic E-state index is 12.4. The summed E-state index contributed by atoms with van der Waals surface area (Å²) in [5.41, 5.74) is 0.440. The average molecular weight is 348 g/mol. The molecule has 0 unspecified atom stereocenters. The zero-order valence-electron chi connectivity index (χ0n) is 14.8. The van der Waals surface area contributed by atoms with Crippen LogP contribution < -0.4 is 5.32 Å². The third-order valence-corrected chi connectivity index (χ3v) is 3.96. The lowest BCUT2D eigenvalue weighted by Crippen LogP contribution is -2.46. The van der Waals surface area contributed by atoms with E-state index in [4.69, 9.17) is 4.74 Å². The summed E-state index contributed by atoms with van der Waals surface area (Å²) in [7, 11) is 3.27. The van der Waals surface area contributed by atoms with Crippen LogP contribution in [-0.2, 0) is 4.74 Å². The van der Waals surface area contributed by atoms with Crippen LogP contribution in [0.4, 0.5) is 4.79 Å². The van der Waals surface area contributed by atoms with Gasteiger partial charge in [0.1, 0.15) is 11.4 Å². The first-order valence-corrected chi connectivity index (χ1v) is 8.33. The zero-order valence-corrected chi connectivity index (χ0v) is 14.8. The maximum Gasteiger partial charge on any atom is 0.409 e. The molecule has 3 amide bonds. The van der Waals surface area contributed by atoms with Crippen LogP contribution >= 0.6 is 0 Å². The van der Waals surface area contributed by atoms with Crippen molar-refractivity contribution < 1.29 is 19.1 Å². The van der Waals surface area contributed by atoms with E-state index in [1.807, 2.05) is 0 Å². The highest BCUT2D eigenvalue weighted by atomic mass is 16.6. The van der Waals surface area contributed by atoms with E-state index < -0.39 is 0 Å². The van der Waals surface area contributed by atoms with E-state index in [1.165, 1.54) is 4.90 Å². The molecule has 25 heavy (non-hydrogen) atoms. The van der Waals surface area contributed by atoms with Crippen LogP contribution in [0.5, 0.6) is 0 Å². The number of ether oxygens (including phenoxy) is 1. The molecule has 1 N–H and O–H groups in total. The summed E-state index contributed by atoms with van der Waals surface area (Å²) in [5.74, 6) is -0.569. The number of piperidine rings is 1. The Hall–Kier alpha value is -2.64. The minimum absolute atomic E-state index is 0.0341. The predicted octanol–water partition coefficient (Wildman–Crippen LogP) is 1.13. The number of likely N-dealkylation sites (tertiary alicyclic amines) is 1. The van der Waals surface area contributed by atoms with Gasteiger partial charge in [-0.3, -0.25) is 9.59 Å². The molecule has 0 aromatic carbocycles. The second kappa shape index (κ2) is 8.46. The van der Waals surface area contributed by atoms with Crippen LogP contribution in [0.3, 0.4) is 0 Å². The van der Waals surface area contributed by atoms with Gasteiger partial charge in [0.25, 0.3) is 11.8 Å². The van der Waals surface area contributed by atoms with Crippen molar-refractivity contribution in [2.45, 2.75) is 25.8 Å². The average Bonchev–Trinajstić information content (AvgIpc) is 2.61. The highest BCUT2D eigenvalue weighted by molar-refractivity contribution is 5.96. The van der Waals surface area contributed by atoms with Crippen molar-refractivity contribution in [1.29, 1.82) is 0 Å². The van der Waals surface area contributed by atoms with Crippen molar-refractivity contribution in [2.75, 3.05) is 33.8 Å². The third-order valence-electron chi connectivity index (χ3n) is 3.96. The molecule has 1 aliphatic rings. The van der Waals surface area contributed by atoms with Crippen LogP contribution in [0.25, 0.3) is 0 Å². The zero-order chi connectivity index (χ0) is 18.4. The Kier molecular flexibility index (Phi) is 6.32. The van der Waals surface area contributed by atoms with E-state index in [0.717, 1.165) is 0 Å². The molecular formula is C17H24N4O4. The molecule has 2 heterocycles. The second-order valence-corrected chi connectivity index (χ2v) is 6.04. The van der Waals surface area contributed by atoms with Gasteiger partial charge < -0.3 is 19.9 Å². The normalized spacial score (nSPS) is 14.8. The molecule has 1 saturated heterocycles. The summed E-state index contributed by atoms with van der Waals surface area (Å²) >= 11 is 0. The summed E-state index contributed by atoms with van der Waals surface area (Å²) < 4.78 is 4.98. The van der Waals surface area contributed by atoms with Crippen molar-refractivity contribution in [1.82, 2.24) is 20.1 Å². The van der Waals surface area contributed by atoms with Crippen molar-refractivity contribution in [2.24, 2.45) is 0 Å². The quantitative estimate of drug-likeness (QED) is 0.881. The van der Waals surface area contributed by atoms with Crippen LogP contribution in [0.15, 0.2) is 18.2 Å². The minimum atomic E-state index is -0.317. The van der Waals surface area contributed by atoms with Crippen LogP contribution in [0, 0.1) is 0 Å². The molecule has 0 atom stereocenters. The lowest BCUT2D eigenvalue weighted by Gasteiger charge is -2.31. The standard InChI is InChI=1S/C17H24N4O4/c1-4-25-17(24)21-10-8-12(9-11-21)18-15(22)13-6-5-7-14(19-13)16(23)20(2)3/h5-7,12H,4,8-11H2,1-3H3,(H,18,22). The molecule has 0 saturated carbocycles. The monoisotopic (exact) mass is 348 g/mol. The summed E-state index contributed by atoms with van der Waals surface area (Å²) in [4.78, 5) is 43.2. The Morgan fingerprint density at radius 1 is 1.24 bits per heavy atom. The van der Waals surface area contributed by atoms with Gasteiger partial charge in [-0.15, -0.1) is 0 Å². The number of nitrogens with zero attached hydrogens (tertiary/aromatic N) is 3. The first kappa shape index (κ1) is 18.7. The van der Waals surface area contributed by atoms with E-state index >= 15 is 0 Å². The Morgan fingerprint density at radius 2 is 1.88 bits per heavy atom. The number of nitrogens with one attached hydrogen (secondary N) is 1. The predicted molar refractivity (Wildman–Crippen MR) is 91.3 cm³/mol. The van der Waals surface area contributed by atoms with Gasteiger partial charge in [-0.05, 0) is 31.9 Å². The molecule has 1 aliphatic heterocycles. The highest BCUT2D eigenvalue weighted by Crippen LogP contribution is 2.12. The van der Waals surface area contributed by atoms with E-state index in [9.17, 15) is 14.4 Å². The number of pyridine rings is 1. The SMILES string of the molecule is CCOC(=O)N1CCC(NC(=O)c2cccc(C(=O)N(C)C)n2)CC1. The Bertz CT molecular complexity index is 639. The van der Waals surface area contributed by atoms with Gasteiger partial charge >= 0.3 is 6.09 Å². The molecule has 0 radical (unpaired) electrons. The first-order valence-electron chi connectivity index (χ1n) is 8.33. The molecule has 8 heteroatoms. The number of hydrogen-bond acceptors (Lipinski definition) is 5. The molecule has 0 spiro atoms. The van der Waals surface area contributed by atoms with Gasteiger partial charge in [0, 0.05) is 33.2 Å². The van der Waals surface area contributed by atoms with E-state index in [0.29, 0.717) is 32.5 Å². The molecule has 0 aliphatic carbocycles. The number of rotatable bonds is 4. The first-order chi connectivity index (χ1) is 11.9. The third kappa shape index (κ3) is 4.91. The topological polar surface area (TPSA) is 91.8 Å². The molecular weight excluding hydrogens is 324 g/mol. The fourth-order valence-electron chi connectivity index (χ4n) is 2.59. The van der Waals surface area contributed by atoms with E-state index in [-0.39, 0.29) is 35.3 Å². The van der Waals surface area contributed by atoms with Gasteiger partial charge in [-0.1, -0.05) is 6.07 Å². The number of hydrogen-bond donors (Lipinski definition) is 1. The molecule has 0 bridgehead atoms. The minimum Gasteiger partial charge on any atom is -0.450 e. The molecule has 2 rings (SSSR count). The van der Waals surface area contributed by atoms with Crippen molar-refractivity contribution in [3.05, 3.63) is 29.6 Å². The van der Waals surface area contributed by atoms with Crippen molar-refractivity contribution >= 4 is 17.9 Å². The largest absolute Gasteiger partial charge is 0.450 e. The van der Waals surface area contributed by atoms with Crippen molar-refractivity contribution in [3.63, 3.8) is 0 Å². The van der Waals surface area contributed by atoms with Gasteiger partial charge in [-0.2, -0.15) is 0 Å². The molecule has 136 valence electrons. The lowest BCUT2D eigenvalue weighted by atomic mass is 10.1. The number of carbonyl (C=O) groups excluding carboxylic acids is 3. The molecule has 1 fully saturated rings. The fourth-order valence-corrected chi connectivity index (χ4v) is 2.59. The van der Waals surface area contributed by atoms with Gasteiger partial charge in [-0.25, -0.2) is 9.78 Å². The summed E-state index contributed by atoms with van der Waals surface area (Å²) in [6.45, 7) is 3.20. The highest BCUT2D eigenvalue weighted by Gasteiger charge is 2.25. The van der Waals surface area contributed by atoms with E-state index in [1.54, 1.807) is 44.1 Å². The van der Waals surface area contributed by atoms with E-state index in [2.05, 4.69) is 10.3 Å². The van der Waals surface area contributed by atoms with Crippen LogP contribution in [-0.4, -0.2) is 72.5 Å². The number of aromatic nitrogens is 1. The Labute approximate surface area is 147 Å². The molecule has 8 nitrogen and oxygen atoms in total. The summed E-state index contributed by atoms with van der Waals surface area (Å²) in [6, 6.07) is 4.77. The Morgan fingerprint density at radius 3 is 2.48 bits per heavy atom. The van der Waals surface area contributed by atoms with Crippen LogP contribution in [0.1, 0.15) is 40.7 Å². The molecule has 1 aromatic rings. The number of carbonyl (C=O) groups is 3. The van der Waals surface area contributed by atoms with Gasteiger partial charge in [0.15, 0.2) is 0 Å². The fraction of sp³-hybridized carbons (Fsp3) is 0.529.